The van der Waals surface area contributed by atoms with Gasteiger partial charge >= 0.3 is 0 Å². The van der Waals surface area contributed by atoms with Crippen LogP contribution < -0.4 is 4.74 Å². The fourth-order valence-electron chi connectivity index (χ4n) is 1.89. The van der Waals surface area contributed by atoms with Gasteiger partial charge in [0.1, 0.15) is 5.75 Å². The Balaban J connectivity index is 0.00000172. The second-order valence-electron chi connectivity index (χ2n) is 4.75. The summed E-state index contributed by atoms with van der Waals surface area (Å²) < 4.78 is 11.5. The zero-order valence-electron chi connectivity index (χ0n) is 13.3. The Hall–Kier alpha value is -1.28. The van der Waals surface area contributed by atoms with Crippen LogP contribution in [0, 0.1) is 5.92 Å². The summed E-state index contributed by atoms with van der Waals surface area (Å²) in [5.41, 5.74) is 0. The fourth-order valence-corrected chi connectivity index (χ4v) is 1.89. The van der Waals surface area contributed by atoms with E-state index >= 15 is 0 Å². The molecule has 2 nitrogen and oxygen atoms in total. The predicted octanol–water partition coefficient (Wildman–Crippen LogP) is 5.45. The predicted molar refractivity (Wildman–Crippen MR) is 87.0 cm³/mol. The zero-order valence-corrected chi connectivity index (χ0v) is 13.3. The molecule has 0 saturated heterocycles. The molecule has 0 aliphatic heterocycles. The summed E-state index contributed by atoms with van der Waals surface area (Å²) in [6.45, 7) is 13.2. The molecule has 2 unspecified atom stereocenters. The minimum absolute atomic E-state index is 0.178. The average Bonchev–Trinajstić information content (AvgIpc) is 2.50. The van der Waals surface area contributed by atoms with Gasteiger partial charge in [-0.2, -0.15) is 0 Å². The number of ether oxygens (including phenoxy) is 2. The highest BCUT2D eigenvalue weighted by molar-refractivity contribution is 5.20. The Morgan fingerprint density at radius 3 is 2.30 bits per heavy atom. The summed E-state index contributed by atoms with van der Waals surface area (Å²) >= 11 is 0. The van der Waals surface area contributed by atoms with E-state index in [-0.39, 0.29) is 6.29 Å². The number of hydrogen-bond acceptors (Lipinski definition) is 2. The van der Waals surface area contributed by atoms with E-state index in [0.29, 0.717) is 5.92 Å². The van der Waals surface area contributed by atoms with Gasteiger partial charge in [-0.1, -0.05) is 51.3 Å². The number of rotatable bonds is 9. The van der Waals surface area contributed by atoms with Crippen molar-refractivity contribution in [3.63, 3.8) is 0 Å². The summed E-state index contributed by atoms with van der Waals surface area (Å²) in [5.74, 6) is 1.53. The number of hydrogen-bond donors (Lipinski definition) is 0. The molecular weight excluding hydrogens is 248 g/mol. The first-order chi connectivity index (χ1) is 9.76. The van der Waals surface area contributed by atoms with E-state index in [4.69, 9.17) is 9.47 Å². The molecule has 1 rings (SSSR count). The molecule has 2 atom stereocenters. The van der Waals surface area contributed by atoms with E-state index < -0.39 is 0 Å². The Kier molecular flexibility index (Phi) is 11.9. The van der Waals surface area contributed by atoms with Crippen LogP contribution in [0.15, 0.2) is 43.5 Å². The van der Waals surface area contributed by atoms with Crippen molar-refractivity contribution in [1.29, 1.82) is 0 Å². The molecule has 0 heterocycles. The minimum Gasteiger partial charge on any atom is -0.465 e. The molecule has 0 bridgehead atoms. The first-order valence-corrected chi connectivity index (χ1v) is 7.59. The lowest BCUT2D eigenvalue weighted by molar-refractivity contribution is -0.0801. The van der Waals surface area contributed by atoms with E-state index in [9.17, 15) is 0 Å². The summed E-state index contributed by atoms with van der Waals surface area (Å²) in [6, 6.07) is 9.83. The SMILES string of the molecule is C=C.CCCCC(CC)COC(C)Oc1ccccc1. The second-order valence-corrected chi connectivity index (χ2v) is 4.75. The van der Waals surface area contributed by atoms with Gasteiger partial charge in [-0.05, 0) is 31.4 Å². The van der Waals surface area contributed by atoms with Gasteiger partial charge in [0.05, 0.1) is 6.61 Å². The third kappa shape index (κ3) is 8.76. The molecule has 1 aromatic carbocycles. The van der Waals surface area contributed by atoms with E-state index in [1.807, 2.05) is 37.3 Å². The highest BCUT2D eigenvalue weighted by atomic mass is 16.7. The maximum atomic E-state index is 5.77. The first kappa shape index (κ1) is 18.7. The first-order valence-electron chi connectivity index (χ1n) is 7.59. The topological polar surface area (TPSA) is 18.5 Å². The van der Waals surface area contributed by atoms with Crippen LogP contribution in [0.2, 0.25) is 0 Å². The normalized spacial score (nSPS) is 12.9. The van der Waals surface area contributed by atoms with Crippen molar-refractivity contribution >= 4 is 0 Å². The smallest absolute Gasteiger partial charge is 0.196 e. The molecule has 0 aromatic heterocycles. The van der Waals surface area contributed by atoms with Crippen molar-refractivity contribution in [2.75, 3.05) is 6.61 Å². The largest absolute Gasteiger partial charge is 0.465 e. The average molecular weight is 278 g/mol. The Morgan fingerprint density at radius 1 is 1.10 bits per heavy atom. The summed E-state index contributed by atoms with van der Waals surface area (Å²) in [4.78, 5) is 0. The Labute approximate surface area is 124 Å². The molecule has 0 aliphatic rings. The van der Waals surface area contributed by atoms with Crippen LogP contribution in [0.4, 0.5) is 0 Å². The Bertz CT molecular complexity index is 310. The Morgan fingerprint density at radius 2 is 1.75 bits per heavy atom. The lowest BCUT2D eigenvalue weighted by Crippen LogP contribution is -2.20. The number of para-hydroxylation sites is 1. The van der Waals surface area contributed by atoms with Crippen LogP contribution in [-0.4, -0.2) is 12.9 Å². The third-order valence-electron chi connectivity index (χ3n) is 3.16. The van der Waals surface area contributed by atoms with Gasteiger partial charge < -0.3 is 9.47 Å². The molecular formula is C18H30O2. The van der Waals surface area contributed by atoms with Gasteiger partial charge in [-0.15, -0.1) is 13.2 Å². The molecule has 0 radical (unpaired) electrons. The highest BCUT2D eigenvalue weighted by Gasteiger charge is 2.10. The molecule has 0 spiro atoms. The van der Waals surface area contributed by atoms with Crippen molar-refractivity contribution in [3.8, 4) is 5.75 Å². The van der Waals surface area contributed by atoms with E-state index in [1.165, 1.54) is 25.7 Å². The van der Waals surface area contributed by atoms with Gasteiger partial charge in [0.15, 0.2) is 6.29 Å². The molecule has 114 valence electrons. The van der Waals surface area contributed by atoms with Crippen LogP contribution in [-0.2, 0) is 4.74 Å². The second kappa shape index (κ2) is 12.7. The van der Waals surface area contributed by atoms with Crippen molar-refractivity contribution in [3.05, 3.63) is 43.5 Å². The van der Waals surface area contributed by atoms with E-state index in [2.05, 4.69) is 27.0 Å². The zero-order chi connectivity index (χ0) is 15.2. The third-order valence-corrected chi connectivity index (χ3v) is 3.16. The molecule has 0 aliphatic carbocycles. The van der Waals surface area contributed by atoms with Crippen molar-refractivity contribution in [1.82, 2.24) is 0 Å². The van der Waals surface area contributed by atoms with Crippen LogP contribution >= 0.6 is 0 Å². The van der Waals surface area contributed by atoms with Crippen LogP contribution in [0.25, 0.3) is 0 Å². The quantitative estimate of drug-likeness (QED) is 0.442. The number of benzene rings is 1. The van der Waals surface area contributed by atoms with Gasteiger partial charge in [0.2, 0.25) is 0 Å². The lowest BCUT2D eigenvalue weighted by atomic mass is 10.0. The molecule has 20 heavy (non-hydrogen) atoms. The maximum absolute atomic E-state index is 5.77. The summed E-state index contributed by atoms with van der Waals surface area (Å²) in [5, 5.41) is 0. The fraction of sp³-hybridized carbons (Fsp3) is 0.556. The molecule has 0 amide bonds. The summed E-state index contributed by atoms with van der Waals surface area (Å²) in [6.07, 6.45) is 4.80. The van der Waals surface area contributed by atoms with Crippen LogP contribution in [0.1, 0.15) is 46.5 Å². The van der Waals surface area contributed by atoms with Crippen LogP contribution in [0.3, 0.4) is 0 Å². The highest BCUT2D eigenvalue weighted by Crippen LogP contribution is 2.15. The van der Waals surface area contributed by atoms with Crippen molar-refractivity contribution < 1.29 is 9.47 Å². The maximum Gasteiger partial charge on any atom is 0.196 e. The van der Waals surface area contributed by atoms with Gasteiger partial charge in [-0.25, -0.2) is 0 Å². The molecule has 2 heteroatoms. The molecule has 0 N–H and O–H groups in total. The van der Waals surface area contributed by atoms with Crippen molar-refractivity contribution in [2.45, 2.75) is 52.7 Å². The van der Waals surface area contributed by atoms with Gasteiger partial charge in [0.25, 0.3) is 0 Å². The van der Waals surface area contributed by atoms with Crippen LogP contribution in [0.5, 0.6) is 5.75 Å². The summed E-state index contributed by atoms with van der Waals surface area (Å²) in [7, 11) is 0. The van der Waals surface area contributed by atoms with Gasteiger partial charge in [-0.3, -0.25) is 0 Å². The monoisotopic (exact) mass is 278 g/mol. The van der Waals surface area contributed by atoms with E-state index in [0.717, 1.165) is 12.4 Å². The van der Waals surface area contributed by atoms with Gasteiger partial charge in [0, 0.05) is 0 Å². The van der Waals surface area contributed by atoms with Crippen molar-refractivity contribution in [2.24, 2.45) is 5.92 Å². The molecule has 0 saturated carbocycles. The standard InChI is InChI=1S/C16H26O2.C2H4/c1-4-6-10-15(5-2)13-17-14(3)18-16-11-8-7-9-12-16;1-2/h7-9,11-12,14-15H,4-6,10,13H2,1-3H3;1-2H2. The lowest BCUT2D eigenvalue weighted by Gasteiger charge is -2.19. The molecule has 1 aromatic rings. The number of unbranched alkanes of at least 4 members (excludes halogenated alkanes) is 1. The molecule has 0 fully saturated rings. The van der Waals surface area contributed by atoms with E-state index in [1.54, 1.807) is 0 Å². The minimum atomic E-state index is -0.178.